The van der Waals surface area contributed by atoms with Gasteiger partial charge >= 0.3 is 0 Å². The van der Waals surface area contributed by atoms with E-state index in [0.717, 1.165) is 15.9 Å². The summed E-state index contributed by atoms with van der Waals surface area (Å²) in [5.74, 6) is 0.583. The van der Waals surface area contributed by atoms with E-state index >= 15 is 0 Å². The normalized spacial score (nSPS) is 12.0. The molecule has 1 N–H and O–H groups in total. The first kappa shape index (κ1) is 16.7. The maximum Gasteiger partial charge on any atom is 0.252 e. The number of carbonyl (C=O) groups excluding carboxylic acids is 1. The molecule has 4 nitrogen and oxygen atoms in total. The van der Waals surface area contributed by atoms with Crippen LogP contribution >= 0.6 is 27.5 Å². The van der Waals surface area contributed by atoms with Crippen LogP contribution in [0.25, 0.3) is 0 Å². The highest BCUT2D eigenvalue weighted by atomic mass is 79.9. The van der Waals surface area contributed by atoms with E-state index in [1.54, 1.807) is 30.5 Å². The van der Waals surface area contributed by atoms with Crippen molar-refractivity contribution in [1.29, 1.82) is 0 Å². The van der Waals surface area contributed by atoms with Gasteiger partial charge in [0.2, 0.25) is 0 Å². The monoisotopic (exact) mass is 403 g/mol. The Kier molecular flexibility index (Phi) is 5.02. The minimum absolute atomic E-state index is 0.167. The highest BCUT2D eigenvalue weighted by Crippen LogP contribution is 2.23. The van der Waals surface area contributed by atoms with Gasteiger partial charge in [0.15, 0.2) is 0 Å². The molecule has 1 heterocycles. The molecule has 0 radical (unpaired) electrons. The van der Waals surface area contributed by atoms with Gasteiger partial charge in [-0.3, -0.25) is 4.79 Å². The fraction of sp³-hybridized carbons (Fsp3) is 0.111. The zero-order valence-corrected chi connectivity index (χ0v) is 15.3. The number of hydrogen-bond donors (Lipinski definition) is 1. The molecule has 0 aliphatic carbocycles. The fourth-order valence-corrected chi connectivity index (χ4v) is 2.98. The van der Waals surface area contributed by atoms with Crippen LogP contribution in [0.4, 0.5) is 0 Å². The van der Waals surface area contributed by atoms with Gasteiger partial charge in [0, 0.05) is 34.5 Å². The average molecular weight is 405 g/mol. The lowest BCUT2D eigenvalue weighted by Crippen LogP contribution is -2.31. The number of halogens is 2. The third kappa shape index (κ3) is 3.68. The molecule has 3 rings (SSSR count). The number of nitrogens with zero attached hydrogens (tertiary/aromatic N) is 2. The predicted octanol–water partition coefficient (Wildman–Crippen LogP) is 4.36. The van der Waals surface area contributed by atoms with Crippen LogP contribution in [0.2, 0.25) is 5.02 Å². The van der Waals surface area contributed by atoms with E-state index in [1.807, 2.05) is 42.1 Å². The van der Waals surface area contributed by atoms with Crippen molar-refractivity contribution >= 4 is 33.4 Å². The predicted molar refractivity (Wildman–Crippen MR) is 98.1 cm³/mol. The van der Waals surface area contributed by atoms with Gasteiger partial charge in [0.25, 0.3) is 5.91 Å². The molecular formula is C18H15BrClN3O. The molecule has 1 atom stereocenters. The van der Waals surface area contributed by atoms with E-state index in [-0.39, 0.29) is 11.9 Å². The molecule has 1 amide bonds. The summed E-state index contributed by atoms with van der Waals surface area (Å²) in [4.78, 5) is 17.0. The van der Waals surface area contributed by atoms with Crippen molar-refractivity contribution in [2.24, 2.45) is 7.05 Å². The van der Waals surface area contributed by atoms with Gasteiger partial charge in [0.05, 0.1) is 0 Å². The van der Waals surface area contributed by atoms with Crippen molar-refractivity contribution in [2.45, 2.75) is 6.04 Å². The van der Waals surface area contributed by atoms with Gasteiger partial charge in [-0.15, -0.1) is 0 Å². The first-order valence-corrected chi connectivity index (χ1v) is 8.51. The molecule has 0 bridgehead atoms. The van der Waals surface area contributed by atoms with E-state index in [9.17, 15) is 4.79 Å². The zero-order chi connectivity index (χ0) is 17.1. The molecule has 0 saturated carbocycles. The van der Waals surface area contributed by atoms with Crippen LogP contribution < -0.4 is 5.32 Å². The average Bonchev–Trinajstić information content (AvgIpc) is 2.99. The summed E-state index contributed by atoms with van der Waals surface area (Å²) in [6.07, 6.45) is 3.56. The minimum Gasteiger partial charge on any atom is -0.338 e. The second-order valence-corrected chi connectivity index (χ2v) is 6.72. The Morgan fingerprint density at radius 2 is 2.00 bits per heavy atom. The smallest absolute Gasteiger partial charge is 0.252 e. The van der Waals surface area contributed by atoms with Crippen molar-refractivity contribution in [3.63, 3.8) is 0 Å². The highest BCUT2D eigenvalue weighted by molar-refractivity contribution is 9.10. The lowest BCUT2D eigenvalue weighted by molar-refractivity contribution is 0.0941. The maximum atomic E-state index is 12.7. The maximum absolute atomic E-state index is 12.7. The van der Waals surface area contributed by atoms with E-state index in [0.29, 0.717) is 10.6 Å². The van der Waals surface area contributed by atoms with Crippen molar-refractivity contribution in [1.82, 2.24) is 14.9 Å². The summed E-state index contributed by atoms with van der Waals surface area (Å²) in [6, 6.07) is 14.3. The highest BCUT2D eigenvalue weighted by Gasteiger charge is 2.21. The topological polar surface area (TPSA) is 46.9 Å². The summed E-state index contributed by atoms with van der Waals surface area (Å²) in [6.45, 7) is 0. The first-order valence-electron chi connectivity index (χ1n) is 7.34. The molecule has 6 heteroatoms. The SMILES string of the molecule is Cn1ccnc1[C@H](NC(=O)c1cccc(Br)c1)c1ccc(Cl)cc1. The Hall–Kier alpha value is -2.11. The number of amides is 1. The lowest BCUT2D eigenvalue weighted by atomic mass is 10.1. The van der Waals surface area contributed by atoms with E-state index in [4.69, 9.17) is 11.6 Å². The van der Waals surface area contributed by atoms with Crippen LogP contribution in [0, 0.1) is 0 Å². The number of aryl methyl sites for hydroxylation is 1. The number of imidazole rings is 1. The molecule has 0 spiro atoms. The quantitative estimate of drug-likeness (QED) is 0.702. The van der Waals surface area contributed by atoms with Crippen LogP contribution in [0.3, 0.4) is 0 Å². The lowest BCUT2D eigenvalue weighted by Gasteiger charge is -2.19. The molecule has 3 aromatic rings. The van der Waals surface area contributed by atoms with Gasteiger partial charge < -0.3 is 9.88 Å². The summed E-state index contributed by atoms with van der Waals surface area (Å²) in [5, 5.41) is 3.70. The molecule has 122 valence electrons. The van der Waals surface area contributed by atoms with Crippen LogP contribution in [0.5, 0.6) is 0 Å². The van der Waals surface area contributed by atoms with Crippen molar-refractivity contribution in [3.8, 4) is 0 Å². The molecule has 24 heavy (non-hydrogen) atoms. The third-order valence-corrected chi connectivity index (χ3v) is 4.43. The molecule has 0 aliphatic heterocycles. The second-order valence-electron chi connectivity index (χ2n) is 5.36. The number of rotatable bonds is 4. The van der Waals surface area contributed by atoms with Gasteiger partial charge in [-0.05, 0) is 35.9 Å². The molecule has 0 saturated heterocycles. The van der Waals surface area contributed by atoms with E-state index in [1.165, 1.54) is 0 Å². The first-order chi connectivity index (χ1) is 11.5. The summed E-state index contributed by atoms with van der Waals surface area (Å²) < 4.78 is 2.75. The Labute approximate surface area is 153 Å². The Morgan fingerprint density at radius 1 is 1.25 bits per heavy atom. The number of benzene rings is 2. The van der Waals surface area contributed by atoms with Crippen LogP contribution in [-0.2, 0) is 7.05 Å². The second kappa shape index (κ2) is 7.20. The molecule has 0 fully saturated rings. The van der Waals surface area contributed by atoms with Gasteiger partial charge in [-0.2, -0.15) is 0 Å². The summed E-state index contributed by atoms with van der Waals surface area (Å²) >= 11 is 9.37. The zero-order valence-electron chi connectivity index (χ0n) is 12.9. The van der Waals surface area contributed by atoms with E-state index < -0.39 is 0 Å². The van der Waals surface area contributed by atoms with Crippen molar-refractivity contribution in [2.75, 3.05) is 0 Å². The van der Waals surface area contributed by atoms with Gasteiger partial charge in [-0.1, -0.05) is 45.7 Å². The Bertz CT molecular complexity index is 861. The van der Waals surface area contributed by atoms with E-state index in [2.05, 4.69) is 26.2 Å². The Morgan fingerprint density at radius 3 is 2.62 bits per heavy atom. The van der Waals surface area contributed by atoms with Crippen molar-refractivity contribution < 1.29 is 4.79 Å². The fourth-order valence-electron chi connectivity index (χ4n) is 2.45. The molecule has 1 aromatic heterocycles. The standard InChI is InChI=1S/C18H15BrClN3O/c1-23-10-9-21-17(23)16(12-5-7-15(20)8-6-12)22-18(24)13-3-2-4-14(19)11-13/h2-11,16H,1H3,(H,22,24)/t16-/m1/s1. The summed E-state index contributed by atoms with van der Waals surface area (Å²) in [7, 11) is 1.90. The number of nitrogens with one attached hydrogen (secondary N) is 1. The van der Waals surface area contributed by atoms with Crippen LogP contribution in [0.15, 0.2) is 65.4 Å². The molecule has 0 unspecified atom stereocenters. The van der Waals surface area contributed by atoms with Gasteiger partial charge in [-0.25, -0.2) is 4.98 Å². The third-order valence-electron chi connectivity index (χ3n) is 3.68. The van der Waals surface area contributed by atoms with Crippen LogP contribution in [-0.4, -0.2) is 15.5 Å². The minimum atomic E-state index is -0.367. The van der Waals surface area contributed by atoms with Crippen LogP contribution in [0.1, 0.15) is 27.8 Å². The number of aromatic nitrogens is 2. The summed E-state index contributed by atoms with van der Waals surface area (Å²) in [5.41, 5.74) is 1.49. The molecule has 2 aromatic carbocycles. The number of carbonyl (C=O) groups is 1. The molecular weight excluding hydrogens is 390 g/mol. The molecule has 0 aliphatic rings. The number of hydrogen-bond acceptors (Lipinski definition) is 2. The van der Waals surface area contributed by atoms with Gasteiger partial charge in [0.1, 0.15) is 11.9 Å². The largest absolute Gasteiger partial charge is 0.338 e. The Balaban J connectivity index is 1.95. The van der Waals surface area contributed by atoms with Crippen molar-refractivity contribution in [3.05, 3.63) is 87.4 Å².